The highest BCUT2D eigenvalue weighted by Crippen LogP contribution is 2.28. The Bertz CT molecular complexity index is 675. The average molecular weight is 448 g/mol. The molecule has 0 saturated carbocycles. The molecule has 1 aromatic rings. The van der Waals surface area contributed by atoms with Gasteiger partial charge in [-0.05, 0) is 0 Å². The third-order valence-electron chi connectivity index (χ3n) is 5.29. The standard InChI is InChI=1S/C19H28O12/c20-6-9-11(21)13(23)15(25)18(29-9)28-7-10-12(22)14(24)16(26)19(30-10)31-17(27)8-4-2-1-3-5-8/h1-5,9-27H,6-7H2. The molecule has 2 fully saturated rings. The summed E-state index contributed by atoms with van der Waals surface area (Å²) >= 11 is 0. The van der Waals surface area contributed by atoms with E-state index in [1.54, 1.807) is 30.3 Å². The largest absolute Gasteiger partial charge is 0.394 e. The van der Waals surface area contributed by atoms with Crippen LogP contribution in [0.15, 0.2) is 30.3 Å². The van der Waals surface area contributed by atoms with Crippen LogP contribution in [0.4, 0.5) is 0 Å². The van der Waals surface area contributed by atoms with Crippen LogP contribution >= 0.6 is 0 Å². The van der Waals surface area contributed by atoms with Crippen LogP contribution in [0.25, 0.3) is 0 Å². The molecule has 11 atom stereocenters. The van der Waals surface area contributed by atoms with Gasteiger partial charge in [0.05, 0.1) is 13.2 Å². The predicted octanol–water partition coefficient (Wildman–Crippen LogP) is -3.68. The van der Waals surface area contributed by atoms with Crippen molar-refractivity contribution in [3.8, 4) is 0 Å². The fraction of sp³-hybridized carbons (Fsp3) is 0.684. The highest BCUT2D eigenvalue weighted by atomic mass is 16.8. The van der Waals surface area contributed by atoms with Gasteiger partial charge in [0.1, 0.15) is 48.8 Å². The van der Waals surface area contributed by atoms with Crippen LogP contribution in [-0.2, 0) is 18.9 Å². The Hall–Kier alpha value is -1.26. The Morgan fingerprint density at radius 2 is 1.29 bits per heavy atom. The maximum atomic E-state index is 10.2. The zero-order valence-corrected chi connectivity index (χ0v) is 16.4. The van der Waals surface area contributed by atoms with E-state index < -0.39 is 80.9 Å². The molecule has 31 heavy (non-hydrogen) atoms. The zero-order valence-electron chi connectivity index (χ0n) is 16.4. The van der Waals surface area contributed by atoms with Crippen molar-refractivity contribution in [2.24, 2.45) is 0 Å². The first-order valence-corrected chi connectivity index (χ1v) is 9.74. The second-order valence-electron chi connectivity index (χ2n) is 7.44. The molecule has 0 amide bonds. The van der Waals surface area contributed by atoms with Crippen molar-refractivity contribution in [2.45, 2.75) is 67.7 Å². The summed E-state index contributed by atoms with van der Waals surface area (Å²) < 4.78 is 21.3. The van der Waals surface area contributed by atoms with E-state index in [2.05, 4.69) is 0 Å². The predicted molar refractivity (Wildman–Crippen MR) is 98.9 cm³/mol. The third-order valence-corrected chi connectivity index (χ3v) is 5.29. The van der Waals surface area contributed by atoms with Crippen molar-refractivity contribution in [1.82, 2.24) is 0 Å². The second kappa shape index (κ2) is 10.6. The first kappa shape index (κ1) is 24.4. The van der Waals surface area contributed by atoms with Gasteiger partial charge >= 0.3 is 0 Å². The van der Waals surface area contributed by atoms with Crippen LogP contribution < -0.4 is 0 Å². The first-order chi connectivity index (χ1) is 14.7. The highest BCUT2D eigenvalue weighted by molar-refractivity contribution is 5.15. The van der Waals surface area contributed by atoms with Crippen molar-refractivity contribution < 1.29 is 59.8 Å². The Labute approximate surface area is 177 Å². The van der Waals surface area contributed by atoms with Gasteiger partial charge in [0.2, 0.25) is 0 Å². The number of ether oxygens (including phenoxy) is 4. The van der Waals surface area contributed by atoms with Crippen LogP contribution in [0, 0.1) is 0 Å². The summed E-state index contributed by atoms with van der Waals surface area (Å²) in [5, 5.41) is 79.5. The average Bonchev–Trinajstić information content (AvgIpc) is 2.78. The number of rotatable bonds is 7. The van der Waals surface area contributed by atoms with Gasteiger partial charge < -0.3 is 59.8 Å². The SMILES string of the molecule is OCC1OC(OCC2OC(OC(O)c3ccccc3)C(O)C(O)C2O)C(O)C(O)C1O. The molecule has 176 valence electrons. The van der Waals surface area contributed by atoms with Crippen LogP contribution in [0.3, 0.4) is 0 Å². The van der Waals surface area contributed by atoms with Gasteiger partial charge in [0, 0.05) is 5.56 Å². The van der Waals surface area contributed by atoms with Gasteiger partial charge in [0.15, 0.2) is 18.9 Å². The number of hydrogen-bond acceptors (Lipinski definition) is 12. The molecule has 0 spiro atoms. The van der Waals surface area contributed by atoms with Crippen LogP contribution in [0.5, 0.6) is 0 Å². The fourth-order valence-electron chi connectivity index (χ4n) is 3.38. The highest BCUT2D eigenvalue weighted by Gasteiger charge is 2.47. The molecular formula is C19H28O12. The van der Waals surface area contributed by atoms with E-state index in [-0.39, 0.29) is 0 Å². The lowest BCUT2D eigenvalue weighted by atomic mass is 9.98. The fourth-order valence-corrected chi connectivity index (χ4v) is 3.38. The Kier molecular flexibility index (Phi) is 8.31. The zero-order chi connectivity index (χ0) is 22.7. The van der Waals surface area contributed by atoms with Gasteiger partial charge in [-0.25, -0.2) is 0 Å². The summed E-state index contributed by atoms with van der Waals surface area (Å²) in [6.07, 6.45) is -16.9. The van der Waals surface area contributed by atoms with E-state index in [1.165, 1.54) is 0 Å². The number of aliphatic hydroxyl groups excluding tert-OH is 8. The summed E-state index contributed by atoms with van der Waals surface area (Å²) in [5.74, 6) is 0. The molecule has 12 nitrogen and oxygen atoms in total. The smallest absolute Gasteiger partial charge is 0.190 e. The van der Waals surface area contributed by atoms with Crippen molar-refractivity contribution in [3.05, 3.63) is 35.9 Å². The van der Waals surface area contributed by atoms with Crippen LogP contribution in [0.1, 0.15) is 11.9 Å². The van der Waals surface area contributed by atoms with Crippen molar-refractivity contribution >= 4 is 0 Å². The second-order valence-corrected chi connectivity index (χ2v) is 7.44. The number of benzene rings is 1. The van der Waals surface area contributed by atoms with E-state index in [0.29, 0.717) is 5.56 Å². The maximum absolute atomic E-state index is 10.2. The molecule has 0 bridgehead atoms. The van der Waals surface area contributed by atoms with E-state index in [4.69, 9.17) is 18.9 Å². The summed E-state index contributed by atoms with van der Waals surface area (Å²) in [4.78, 5) is 0. The quantitative estimate of drug-likeness (QED) is 0.190. The Morgan fingerprint density at radius 3 is 1.90 bits per heavy atom. The Morgan fingerprint density at radius 1 is 0.742 bits per heavy atom. The van der Waals surface area contributed by atoms with Gasteiger partial charge in [0.25, 0.3) is 0 Å². The molecular weight excluding hydrogens is 420 g/mol. The number of hydrogen-bond donors (Lipinski definition) is 8. The van der Waals surface area contributed by atoms with Gasteiger partial charge in [-0.1, -0.05) is 30.3 Å². The molecule has 1 aromatic carbocycles. The number of aliphatic hydroxyl groups is 8. The minimum absolute atomic E-state index is 0.369. The molecule has 3 rings (SSSR count). The molecule has 12 heteroatoms. The lowest BCUT2D eigenvalue weighted by Gasteiger charge is -2.43. The third kappa shape index (κ3) is 5.39. The molecule has 0 aromatic heterocycles. The lowest BCUT2D eigenvalue weighted by molar-refractivity contribution is -0.348. The van der Waals surface area contributed by atoms with Gasteiger partial charge in [-0.2, -0.15) is 0 Å². The van der Waals surface area contributed by atoms with E-state index in [9.17, 15) is 40.9 Å². The van der Waals surface area contributed by atoms with E-state index in [1.807, 2.05) is 0 Å². The van der Waals surface area contributed by atoms with E-state index in [0.717, 1.165) is 0 Å². The molecule has 0 aliphatic carbocycles. The summed E-state index contributed by atoms with van der Waals surface area (Å²) in [6.45, 7) is -1.14. The Balaban J connectivity index is 1.62. The molecule has 2 aliphatic rings. The van der Waals surface area contributed by atoms with E-state index >= 15 is 0 Å². The molecule has 2 aliphatic heterocycles. The van der Waals surface area contributed by atoms with Gasteiger partial charge in [-0.3, -0.25) is 0 Å². The van der Waals surface area contributed by atoms with Crippen molar-refractivity contribution in [2.75, 3.05) is 13.2 Å². The van der Waals surface area contributed by atoms with Crippen molar-refractivity contribution in [1.29, 1.82) is 0 Å². The van der Waals surface area contributed by atoms with Crippen LogP contribution in [0.2, 0.25) is 0 Å². The monoisotopic (exact) mass is 448 g/mol. The summed E-state index contributed by atoms with van der Waals surface area (Å²) in [6, 6.07) is 8.20. The molecule has 8 N–H and O–H groups in total. The summed E-state index contributed by atoms with van der Waals surface area (Å²) in [7, 11) is 0. The van der Waals surface area contributed by atoms with Gasteiger partial charge in [-0.15, -0.1) is 0 Å². The summed E-state index contributed by atoms with van der Waals surface area (Å²) in [5.41, 5.74) is 0.369. The maximum Gasteiger partial charge on any atom is 0.190 e. The normalized spacial score (nSPS) is 42.3. The minimum Gasteiger partial charge on any atom is -0.394 e. The minimum atomic E-state index is -1.70. The van der Waals surface area contributed by atoms with Crippen molar-refractivity contribution in [3.63, 3.8) is 0 Å². The van der Waals surface area contributed by atoms with Crippen LogP contribution in [-0.4, -0.2) is 115 Å². The molecule has 0 radical (unpaired) electrons. The first-order valence-electron chi connectivity index (χ1n) is 9.74. The molecule has 11 unspecified atom stereocenters. The molecule has 2 saturated heterocycles. The topological polar surface area (TPSA) is 199 Å². The lowest BCUT2D eigenvalue weighted by Crippen LogP contribution is -2.61. The molecule has 2 heterocycles.